The molecule has 0 amide bonds. The SMILES string of the molecule is CNc1nc(-c2ccccc2F)nc(-n2cncn2)n1. The number of nitrogens with one attached hydrogen (secondary N) is 1. The minimum atomic E-state index is -0.398. The van der Waals surface area contributed by atoms with Gasteiger partial charge in [0.15, 0.2) is 5.82 Å². The van der Waals surface area contributed by atoms with Crippen LogP contribution in [0.4, 0.5) is 10.3 Å². The van der Waals surface area contributed by atoms with E-state index in [-0.39, 0.29) is 11.8 Å². The van der Waals surface area contributed by atoms with Crippen molar-refractivity contribution < 1.29 is 4.39 Å². The summed E-state index contributed by atoms with van der Waals surface area (Å²) >= 11 is 0. The number of hydrogen-bond acceptors (Lipinski definition) is 6. The van der Waals surface area contributed by atoms with Crippen LogP contribution in [0.3, 0.4) is 0 Å². The highest BCUT2D eigenvalue weighted by Gasteiger charge is 2.12. The molecule has 0 saturated carbocycles. The van der Waals surface area contributed by atoms with Crippen LogP contribution in [-0.4, -0.2) is 36.8 Å². The second-order valence-corrected chi connectivity index (χ2v) is 3.85. The van der Waals surface area contributed by atoms with Gasteiger partial charge in [0.25, 0.3) is 5.95 Å². The van der Waals surface area contributed by atoms with Crippen LogP contribution < -0.4 is 5.32 Å². The maximum Gasteiger partial charge on any atom is 0.257 e. The fourth-order valence-electron chi connectivity index (χ4n) is 1.65. The van der Waals surface area contributed by atoms with Crippen molar-refractivity contribution in [2.24, 2.45) is 0 Å². The van der Waals surface area contributed by atoms with Gasteiger partial charge in [0.1, 0.15) is 18.5 Å². The second-order valence-electron chi connectivity index (χ2n) is 3.85. The third-order valence-corrected chi connectivity index (χ3v) is 2.59. The maximum atomic E-state index is 13.8. The summed E-state index contributed by atoms with van der Waals surface area (Å²) in [6, 6.07) is 6.29. The van der Waals surface area contributed by atoms with E-state index in [2.05, 4.69) is 30.4 Å². The molecule has 8 heteroatoms. The molecule has 1 aromatic carbocycles. The van der Waals surface area contributed by atoms with Gasteiger partial charge in [-0.15, -0.1) is 0 Å². The fourth-order valence-corrected chi connectivity index (χ4v) is 1.65. The molecule has 2 heterocycles. The fraction of sp³-hybridized carbons (Fsp3) is 0.0833. The van der Waals surface area contributed by atoms with Crippen LogP contribution in [0.5, 0.6) is 0 Å². The molecule has 0 aliphatic rings. The molecular formula is C12H10FN7. The van der Waals surface area contributed by atoms with E-state index in [0.717, 1.165) is 0 Å². The Morgan fingerprint density at radius 2 is 2.00 bits per heavy atom. The molecule has 0 radical (unpaired) electrons. The van der Waals surface area contributed by atoms with E-state index >= 15 is 0 Å². The summed E-state index contributed by atoms with van der Waals surface area (Å²) in [5.41, 5.74) is 0.299. The Morgan fingerprint density at radius 1 is 1.15 bits per heavy atom. The highest BCUT2D eigenvalue weighted by molar-refractivity contribution is 5.57. The number of rotatable bonds is 3. The van der Waals surface area contributed by atoms with Gasteiger partial charge in [-0.25, -0.2) is 9.37 Å². The summed E-state index contributed by atoms with van der Waals surface area (Å²) in [6.45, 7) is 0. The van der Waals surface area contributed by atoms with E-state index in [9.17, 15) is 4.39 Å². The summed E-state index contributed by atoms with van der Waals surface area (Å²) in [5, 5.41) is 6.76. The van der Waals surface area contributed by atoms with Crippen LogP contribution in [0.25, 0.3) is 17.3 Å². The van der Waals surface area contributed by atoms with Crippen molar-refractivity contribution in [1.29, 1.82) is 0 Å². The Labute approximate surface area is 113 Å². The van der Waals surface area contributed by atoms with Crippen molar-refractivity contribution in [3.63, 3.8) is 0 Å². The molecule has 0 saturated heterocycles. The molecule has 0 aliphatic carbocycles. The van der Waals surface area contributed by atoms with E-state index in [4.69, 9.17) is 0 Å². The zero-order valence-electron chi connectivity index (χ0n) is 10.5. The predicted octanol–water partition coefficient (Wildman–Crippen LogP) is 1.30. The first-order valence-electron chi connectivity index (χ1n) is 5.81. The summed E-state index contributed by atoms with van der Waals surface area (Å²) in [4.78, 5) is 16.4. The summed E-state index contributed by atoms with van der Waals surface area (Å²) in [7, 11) is 1.67. The van der Waals surface area contributed by atoms with Crippen molar-refractivity contribution in [2.45, 2.75) is 0 Å². The van der Waals surface area contributed by atoms with Gasteiger partial charge < -0.3 is 5.32 Å². The average Bonchev–Trinajstić information content (AvgIpc) is 3.01. The lowest BCUT2D eigenvalue weighted by Gasteiger charge is -2.06. The quantitative estimate of drug-likeness (QED) is 0.773. The average molecular weight is 271 g/mol. The van der Waals surface area contributed by atoms with Crippen molar-refractivity contribution in [2.75, 3.05) is 12.4 Å². The Bertz CT molecular complexity index is 726. The summed E-state index contributed by atoms with van der Waals surface area (Å²) in [6.07, 6.45) is 2.82. The Hall–Kier alpha value is -2.90. The molecule has 100 valence electrons. The normalized spacial score (nSPS) is 10.5. The monoisotopic (exact) mass is 271 g/mol. The van der Waals surface area contributed by atoms with Gasteiger partial charge in [-0.1, -0.05) is 12.1 Å². The summed E-state index contributed by atoms with van der Waals surface area (Å²) < 4.78 is 15.2. The highest BCUT2D eigenvalue weighted by atomic mass is 19.1. The van der Waals surface area contributed by atoms with Crippen LogP contribution in [-0.2, 0) is 0 Å². The highest BCUT2D eigenvalue weighted by Crippen LogP contribution is 2.20. The van der Waals surface area contributed by atoms with Gasteiger partial charge in [-0.05, 0) is 12.1 Å². The summed E-state index contributed by atoms with van der Waals surface area (Å²) in [5.74, 6) is 0.419. The molecule has 0 fully saturated rings. The van der Waals surface area contributed by atoms with E-state index < -0.39 is 5.82 Å². The molecule has 20 heavy (non-hydrogen) atoms. The van der Waals surface area contributed by atoms with Gasteiger partial charge in [-0.3, -0.25) is 0 Å². The number of benzene rings is 1. The zero-order chi connectivity index (χ0) is 13.9. The zero-order valence-corrected chi connectivity index (χ0v) is 10.5. The molecule has 0 aliphatic heterocycles. The number of halogens is 1. The predicted molar refractivity (Wildman–Crippen MR) is 69.7 cm³/mol. The number of hydrogen-bond donors (Lipinski definition) is 1. The topological polar surface area (TPSA) is 81.4 Å². The van der Waals surface area contributed by atoms with Crippen LogP contribution in [0, 0.1) is 5.82 Å². The first-order valence-corrected chi connectivity index (χ1v) is 5.81. The lowest BCUT2D eigenvalue weighted by Crippen LogP contribution is -2.08. The smallest absolute Gasteiger partial charge is 0.257 e. The second kappa shape index (κ2) is 5.00. The molecule has 3 aromatic rings. The molecule has 1 N–H and O–H groups in total. The maximum absolute atomic E-state index is 13.8. The third kappa shape index (κ3) is 2.18. The van der Waals surface area contributed by atoms with Gasteiger partial charge in [0, 0.05) is 7.05 Å². The molecule has 0 unspecified atom stereocenters. The van der Waals surface area contributed by atoms with E-state index in [1.807, 2.05) is 0 Å². The van der Waals surface area contributed by atoms with Gasteiger partial charge in [0.05, 0.1) is 5.56 Å². The van der Waals surface area contributed by atoms with Gasteiger partial charge in [0.2, 0.25) is 5.95 Å². The molecule has 0 atom stereocenters. The Kier molecular flexibility index (Phi) is 3.04. The molecule has 0 spiro atoms. The van der Waals surface area contributed by atoms with Crippen LogP contribution in [0.1, 0.15) is 0 Å². The Balaban J connectivity index is 2.17. The van der Waals surface area contributed by atoms with Crippen LogP contribution in [0.15, 0.2) is 36.9 Å². The molecule has 3 rings (SSSR count). The molecular weight excluding hydrogens is 261 g/mol. The standard InChI is InChI=1S/C12H10FN7/c1-14-11-17-10(8-4-2-3-5-9(8)13)18-12(19-11)20-7-15-6-16-20/h2-7H,1H3,(H,14,17,18,19). The lowest BCUT2D eigenvalue weighted by atomic mass is 10.2. The van der Waals surface area contributed by atoms with Gasteiger partial charge >= 0.3 is 0 Å². The first-order chi connectivity index (χ1) is 9.78. The van der Waals surface area contributed by atoms with Crippen molar-refractivity contribution >= 4 is 5.95 Å². The van der Waals surface area contributed by atoms with Crippen molar-refractivity contribution in [1.82, 2.24) is 29.7 Å². The third-order valence-electron chi connectivity index (χ3n) is 2.59. The number of aromatic nitrogens is 6. The first kappa shape index (κ1) is 12.2. The van der Waals surface area contributed by atoms with Crippen LogP contribution in [0.2, 0.25) is 0 Å². The largest absolute Gasteiger partial charge is 0.357 e. The van der Waals surface area contributed by atoms with Gasteiger partial charge in [-0.2, -0.15) is 24.7 Å². The number of nitrogens with zero attached hydrogens (tertiary/aromatic N) is 6. The minimum absolute atomic E-state index is 0.230. The van der Waals surface area contributed by atoms with E-state index in [1.54, 1.807) is 25.2 Å². The molecule has 7 nitrogen and oxygen atoms in total. The van der Waals surface area contributed by atoms with E-state index in [0.29, 0.717) is 11.5 Å². The Morgan fingerprint density at radius 3 is 2.70 bits per heavy atom. The molecule has 0 bridgehead atoms. The molecule has 2 aromatic heterocycles. The minimum Gasteiger partial charge on any atom is -0.357 e. The lowest BCUT2D eigenvalue weighted by molar-refractivity contribution is 0.629. The van der Waals surface area contributed by atoms with Crippen LogP contribution >= 0.6 is 0 Å². The van der Waals surface area contributed by atoms with Crippen molar-refractivity contribution in [3.8, 4) is 17.3 Å². The number of anilines is 1. The van der Waals surface area contributed by atoms with E-state index in [1.165, 1.54) is 23.4 Å². The van der Waals surface area contributed by atoms with Crippen molar-refractivity contribution in [3.05, 3.63) is 42.7 Å².